The number of aliphatic imine (C=N–C) groups is 1. The van der Waals surface area contributed by atoms with Crippen LogP contribution in [-0.2, 0) is 13.1 Å². The Morgan fingerprint density at radius 3 is 2.69 bits per heavy atom. The summed E-state index contributed by atoms with van der Waals surface area (Å²) in [5.41, 5.74) is 0.390. The molecule has 10 heteroatoms. The lowest BCUT2D eigenvalue weighted by atomic mass is 10.2. The minimum atomic E-state index is -4.72. The van der Waals surface area contributed by atoms with Gasteiger partial charge in [0.1, 0.15) is 5.75 Å². The van der Waals surface area contributed by atoms with E-state index in [-0.39, 0.29) is 36.3 Å². The fourth-order valence-corrected chi connectivity index (χ4v) is 2.16. The molecule has 2 rings (SSSR count). The molecule has 0 aliphatic rings. The molecule has 0 amide bonds. The summed E-state index contributed by atoms with van der Waals surface area (Å²) >= 11 is 0. The number of ether oxygens (including phenoxy) is 1. The van der Waals surface area contributed by atoms with Gasteiger partial charge in [0.25, 0.3) is 0 Å². The second kappa shape index (κ2) is 10.9. The van der Waals surface area contributed by atoms with Gasteiger partial charge in [-0.15, -0.1) is 37.1 Å². The van der Waals surface area contributed by atoms with Crippen molar-refractivity contribution in [2.75, 3.05) is 13.6 Å². The summed E-state index contributed by atoms with van der Waals surface area (Å²) < 4.78 is 43.3. The number of hydrogen-bond acceptors (Lipinski definition) is 3. The van der Waals surface area contributed by atoms with Crippen molar-refractivity contribution in [3.63, 3.8) is 0 Å². The third-order valence-corrected chi connectivity index (χ3v) is 3.31. The average Bonchev–Trinajstić information content (AvgIpc) is 3.07. The maximum Gasteiger partial charge on any atom is 0.573 e. The van der Waals surface area contributed by atoms with E-state index >= 15 is 0 Å². The molecule has 6 nitrogen and oxygen atoms in total. The Balaban J connectivity index is 0.00000338. The van der Waals surface area contributed by atoms with Gasteiger partial charge in [-0.25, -0.2) is 4.98 Å². The van der Waals surface area contributed by atoms with Crippen LogP contribution in [-0.4, -0.2) is 35.5 Å². The van der Waals surface area contributed by atoms with E-state index < -0.39 is 6.36 Å². The summed E-state index contributed by atoms with van der Waals surface area (Å²) in [5, 5.41) is 6.09. The number of para-hydroxylation sites is 1. The van der Waals surface area contributed by atoms with E-state index in [1.165, 1.54) is 12.1 Å². The van der Waals surface area contributed by atoms with E-state index in [1.807, 2.05) is 10.8 Å². The number of imidazole rings is 1. The number of hydrogen-bond donors (Lipinski definition) is 2. The van der Waals surface area contributed by atoms with Crippen LogP contribution in [0.5, 0.6) is 5.75 Å². The molecule has 0 bridgehead atoms. The highest BCUT2D eigenvalue weighted by atomic mass is 127. The molecule has 0 aliphatic heterocycles. The van der Waals surface area contributed by atoms with Crippen LogP contribution in [0.4, 0.5) is 13.2 Å². The molecule has 0 saturated heterocycles. The number of nitrogens with one attached hydrogen (secondary N) is 2. The van der Waals surface area contributed by atoms with Gasteiger partial charge < -0.3 is 19.9 Å². The number of benzene rings is 1. The molecule has 0 saturated carbocycles. The summed E-state index contributed by atoms with van der Waals surface area (Å²) in [7, 11) is 1.60. The van der Waals surface area contributed by atoms with Gasteiger partial charge in [0.05, 0.1) is 6.33 Å². The molecular weight excluding hydrogens is 462 g/mol. The fourth-order valence-electron chi connectivity index (χ4n) is 2.16. The average molecular weight is 483 g/mol. The van der Waals surface area contributed by atoms with Gasteiger partial charge >= 0.3 is 6.36 Å². The van der Waals surface area contributed by atoms with Gasteiger partial charge in [-0.2, -0.15) is 0 Å². The molecule has 0 spiro atoms. The third kappa shape index (κ3) is 7.93. The predicted molar refractivity (Wildman–Crippen MR) is 104 cm³/mol. The normalized spacial score (nSPS) is 11.6. The first-order valence-corrected chi connectivity index (χ1v) is 7.72. The van der Waals surface area contributed by atoms with Gasteiger partial charge in [0.2, 0.25) is 0 Å². The number of halogens is 4. The highest BCUT2D eigenvalue weighted by molar-refractivity contribution is 14.0. The van der Waals surface area contributed by atoms with Gasteiger partial charge in [-0.3, -0.25) is 4.99 Å². The van der Waals surface area contributed by atoms with Gasteiger partial charge in [0, 0.05) is 44.6 Å². The zero-order valence-corrected chi connectivity index (χ0v) is 16.5. The molecule has 0 radical (unpaired) electrons. The maximum absolute atomic E-state index is 12.4. The Morgan fingerprint density at radius 2 is 2.04 bits per heavy atom. The standard InChI is InChI=1S/C16H20F3N5O.HI/c1-20-15(22-7-4-9-24-10-8-21-12-24)23-11-13-5-2-3-6-14(13)25-16(17,18)19;/h2-3,5-6,8,10,12H,4,7,9,11H2,1H3,(H2,20,22,23);1H. The molecule has 0 aliphatic carbocycles. The quantitative estimate of drug-likeness (QED) is 0.275. The highest BCUT2D eigenvalue weighted by Gasteiger charge is 2.31. The lowest BCUT2D eigenvalue weighted by Crippen LogP contribution is -2.37. The minimum absolute atomic E-state index is 0. The van der Waals surface area contributed by atoms with Crippen LogP contribution in [0.25, 0.3) is 0 Å². The van der Waals surface area contributed by atoms with E-state index in [9.17, 15) is 13.2 Å². The maximum atomic E-state index is 12.4. The molecule has 1 heterocycles. The number of rotatable bonds is 7. The number of aromatic nitrogens is 2. The van der Waals surface area contributed by atoms with Gasteiger partial charge in [-0.1, -0.05) is 18.2 Å². The molecule has 26 heavy (non-hydrogen) atoms. The number of nitrogens with zero attached hydrogens (tertiary/aromatic N) is 3. The van der Waals surface area contributed by atoms with Crippen molar-refractivity contribution in [2.45, 2.75) is 25.9 Å². The van der Waals surface area contributed by atoms with E-state index in [2.05, 4.69) is 25.3 Å². The fraction of sp³-hybridized carbons (Fsp3) is 0.375. The second-order valence-corrected chi connectivity index (χ2v) is 5.16. The molecule has 2 aromatic rings. The highest BCUT2D eigenvalue weighted by Crippen LogP contribution is 2.25. The zero-order valence-electron chi connectivity index (χ0n) is 14.2. The minimum Gasteiger partial charge on any atom is -0.405 e. The van der Waals surface area contributed by atoms with Crippen molar-refractivity contribution >= 4 is 29.9 Å². The summed E-state index contributed by atoms with van der Waals surface area (Å²) in [6, 6.07) is 6.00. The van der Waals surface area contributed by atoms with Crippen LogP contribution in [0.3, 0.4) is 0 Å². The summed E-state index contributed by atoms with van der Waals surface area (Å²) in [6.45, 7) is 1.64. The van der Waals surface area contributed by atoms with Crippen LogP contribution >= 0.6 is 24.0 Å². The zero-order chi connectivity index (χ0) is 18.1. The molecule has 0 unspecified atom stereocenters. The van der Waals surface area contributed by atoms with E-state index in [4.69, 9.17) is 0 Å². The largest absolute Gasteiger partial charge is 0.573 e. The molecule has 1 aromatic carbocycles. The topological polar surface area (TPSA) is 63.5 Å². The lowest BCUT2D eigenvalue weighted by Gasteiger charge is -2.15. The Kier molecular flexibility index (Phi) is 9.24. The molecular formula is C16H21F3IN5O. The van der Waals surface area contributed by atoms with Crippen LogP contribution in [0.15, 0.2) is 48.0 Å². The second-order valence-electron chi connectivity index (χ2n) is 5.16. The molecule has 2 N–H and O–H groups in total. The van der Waals surface area contributed by atoms with Crippen LogP contribution < -0.4 is 15.4 Å². The van der Waals surface area contributed by atoms with Gasteiger partial charge in [0.15, 0.2) is 5.96 Å². The predicted octanol–water partition coefficient (Wildman–Crippen LogP) is 3.16. The number of alkyl halides is 3. The van der Waals surface area contributed by atoms with Crippen LogP contribution in [0, 0.1) is 0 Å². The third-order valence-electron chi connectivity index (χ3n) is 3.31. The first-order valence-electron chi connectivity index (χ1n) is 7.72. The molecule has 1 aromatic heterocycles. The van der Waals surface area contributed by atoms with Gasteiger partial charge in [-0.05, 0) is 12.5 Å². The monoisotopic (exact) mass is 483 g/mol. The Bertz CT molecular complexity index is 677. The summed E-state index contributed by atoms with van der Waals surface area (Å²) in [5.74, 6) is 0.283. The van der Waals surface area contributed by atoms with Crippen molar-refractivity contribution in [1.82, 2.24) is 20.2 Å². The van der Waals surface area contributed by atoms with Crippen molar-refractivity contribution < 1.29 is 17.9 Å². The van der Waals surface area contributed by atoms with Crippen molar-refractivity contribution in [1.29, 1.82) is 0 Å². The van der Waals surface area contributed by atoms with Crippen molar-refractivity contribution in [3.05, 3.63) is 48.5 Å². The van der Waals surface area contributed by atoms with E-state index in [1.54, 1.807) is 31.7 Å². The molecule has 0 atom stereocenters. The molecule has 0 fully saturated rings. The van der Waals surface area contributed by atoms with Crippen LogP contribution in [0.1, 0.15) is 12.0 Å². The first kappa shape index (κ1) is 22.1. The Labute approximate surface area is 166 Å². The smallest absolute Gasteiger partial charge is 0.405 e. The lowest BCUT2D eigenvalue weighted by molar-refractivity contribution is -0.274. The molecule has 144 valence electrons. The van der Waals surface area contributed by atoms with Crippen molar-refractivity contribution in [3.8, 4) is 5.75 Å². The Morgan fingerprint density at radius 1 is 1.27 bits per heavy atom. The number of aryl methyl sites for hydroxylation is 1. The van der Waals surface area contributed by atoms with Crippen LogP contribution in [0.2, 0.25) is 0 Å². The SMILES string of the molecule is CN=C(NCCCn1ccnc1)NCc1ccccc1OC(F)(F)F.I. The van der Waals surface area contributed by atoms with E-state index in [0.717, 1.165) is 13.0 Å². The van der Waals surface area contributed by atoms with Crippen molar-refractivity contribution in [2.24, 2.45) is 4.99 Å². The summed E-state index contributed by atoms with van der Waals surface area (Å²) in [6.07, 6.45) is 1.47. The van der Waals surface area contributed by atoms with E-state index in [0.29, 0.717) is 18.1 Å². The number of guanidine groups is 1. The summed E-state index contributed by atoms with van der Waals surface area (Å²) in [4.78, 5) is 8.02. The first-order chi connectivity index (χ1) is 12.0. The Hall–Kier alpha value is -1.98.